The predicted octanol–water partition coefficient (Wildman–Crippen LogP) is 9.16. The van der Waals surface area contributed by atoms with E-state index in [9.17, 15) is 0 Å². The summed E-state index contributed by atoms with van der Waals surface area (Å²) in [4.78, 5) is 5.02. The molecule has 1 aliphatic rings. The van der Waals surface area contributed by atoms with E-state index in [4.69, 9.17) is 4.98 Å². The Labute approximate surface area is 215 Å². The van der Waals surface area contributed by atoms with Crippen LogP contribution in [0.25, 0.3) is 72.3 Å². The maximum Gasteiger partial charge on any atom is 0.145 e. The van der Waals surface area contributed by atoms with Gasteiger partial charge in [0.05, 0.1) is 11.0 Å². The fraction of sp³-hybridized carbons (Fsp3) is 0. The molecule has 6 aromatic carbocycles. The maximum absolute atomic E-state index is 5.02. The molecule has 0 saturated carbocycles. The van der Waals surface area contributed by atoms with Gasteiger partial charge in [0.25, 0.3) is 0 Å². The van der Waals surface area contributed by atoms with Gasteiger partial charge < -0.3 is 0 Å². The van der Waals surface area contributed by atoms with E-state index in [-0.39, 0.29) is 0 Å². The van der Waals surface area contributed by atoms with Crippen LogP contribution >= 0.6 is 0 Å². The summed E-state index contributed by atoms with van der Waals surface area (Å²) in [6.07, 6.45) is 0. The summed E-state index contributed by atoms with van der Waals surface area (Å²) in [6, 6.07) is 47.7. The molecule has 0 N–H and O–H groups in total. The highest BCUT2D eigenvalue weighted by Crippen LogP contribution is 2.48. The number of benzene rings is 6. The smallest absolute Gasteiger partial charge is 0.145 e. The monoisotopic (exact) mass is 470 g/mol. The standard InChI is InChI=1S/C35H22N2/c1-2-10-27(11-3-1)37-33-15-5-4-14-32(33)36-35(37)25-18-16-23(17-19-25)26-20-21-28-29-12-6-8-24-9-7-13-30(34(24)29)31(28)22-26/h1-22H. The first-order valence-corrected chi connectivity index (χ1v) is 12.7. The molecule has 0 aliphatic heterocycles. The van der Waals surface area contributed by atoms with Crippen LogP contribution < -0.4 is 0 Å². The third-order valence-corrected chi connectivity index (χ3v) is 7.56. The third kappa shape index (κ3) is 3.03. The van der Waals surface area contributed by atoms with Crippen molar-refractivity contribution in [1.82, 2.24) is 9.55 Å². The second-order valence-electron chi connectivity index (χ2n) is 9.64. The lowest BCUT2D eigenvalue weighted by molar-refractivity contribution is 1.10. The van der Waals surface area contributed by atoms with Gasteiger partial charge >= 0.3 is 0 Å². The summed E-state index contributed by atoms with van der Waals surface area (Å²) in [5.41, 5.74) is 12.1. The Kier molecular flexibility index (Phi) is 4.26. The van der Waals surface area contributed by atoms with Crippen LogP contribution in [0.1, 0.15) is 0 Å². The largest absolute Gasteiger partial charge is 0.292 e. The fourth-order valence-corrected chi connectivity index (χ4v) is 5.84. The lowest BCUT2D eigenvalue weighted by atomic mass is 9.97. The summed E-state index contributed by atoms with van der Waals surface area (Å²) in [5.74, 6) is 0.954. The molecule has 2 nitrogen and oxygen atoms in total. The van der Waals surface area contributed by atoms with Gasteiger partial charge in [0.15, 0.2) is 0 Å². The van der Waals surface area contributed by atoms with Crippen molar-refractivity contribution < 1.29 is 0 Å². The van der Waals surface area contributed by atoms with E-state index < -0.39 is 0 Å². The molecule has 37 heavy (non-hydrogen) atoms. The molecule has 172 valence electrons. The summed E-state index contributed by atoms with van der Waals surface area (Å²) in [7, 11) is 0. The minimum absolute atomic E-state index is 0.954. The molecule has 0 bridgehead atoms. The second-order valence-corrected chi connectivity index (χ2v) is 9.64. The highest BCUT2D eigenvalue weighted by Gasteiger charge is 2.21. The van der Waals surface area contributed by atoms with Gasteiger partial charge in [-0.1, -0.05) is 103 Å². The normalized spacial score (nSPS) is 11.8. The predicted molar refractivity (Wildman–Crippen MR) is 154 cm³/mol. The molecular weight excluding hydrogens is 448 g/mol. The van der Waals surface area contributed by atoms with Crippen molar-refractivity contribution in [3.63, 3.8) is 0 Å². The minimum atomic E-state index is 0.954. The molecule has 1 aliphatic carbocycles. The molecule has 1 aromatic heterocycles. The zero-order valence-electron chi connectivity index (χ0n) is 20.1. The number of fused-ring (bicyclic) bond motifs is 4. The highest BCUT2D eigenvalue weighted by atomic mass is 15.1. The highest BCUT2D eigenvalue weighted by molar-refractivity contribution is 6.15. The van der Waals surface area contributed by atoms with E-state index in [2.05, 4.69) is 126 Å². The number of para-hydroxylation sites is 3. The molecule has 8 rings (SSSR count). The summed E-state index contributed by atoms with van der Waals surface area (Å²) < 4.78 is 2.25. The van der Waals surface area contributed by atoms with Crippen molar-refractivity contribution in [2.45, 2.75) is 0 Å². The molecule has 0 atom stereocenters. The first-order valence-electron chi connectivity index (χ1n) is 12.7. The second kappa shape index (κ2) is 7.78. The van der Waals surface area contributed by atoms with Crippen LogP contribution in [0, 0.1) is 0 Å². The van der Waals surface area contributed by atoms with Crippen LogP contribution in [-0.2, 0) is 0 Å². The Bertz CT molecular complexity index is 1960. The molecule has 1 heterocycles. The van der Waals surface area contributed by atoms with Gasteiger partial charge in [-0.05, 0) is 74.5 Å². The van der Waals surface area contributed by atoms with Crippen molar-refractivity contribution in [2.24, 2.45) is 0 Å². The Morgan fingerprint density at radius 3 is 1.95 bits per heavy atom. The molecule has 0 amide bonds. The Hall–Kier alpha value is -4.95. The molecule has 0 radical (unpaired) electrons. The number of rotatable bonds is 3. The molecule has 0 saturated heterocycles. The molecular formula is C35H22N2. The first kappa shape index (κ1) is 20.3. The number of nitrogens with zero attached hydrogens (tertiary/aromatic N) is 2. The van der Waals surface area contributed by atoms with Crippen LogP contribution in [0.4, 0.5) is 0 Å². The number of hydrogen-bond donors (Lipinski definition) is 0. The summed E-state index contributed by atoms with van der Waals surface area (Å²) in [5, 5.41) is 2.67. The topological polar surface area (TPSA) is 17.8 Å². The Balaban J connectivity index is 1.23. The maximum atomic E-state index is 5.02. The van der Waals surface area contributed by atoms with E-state index >= 15 is 0 Å². The van der Waals surface area contributed by atoms with E-state index in [1.54, 1.807) is 0 Å². The van der Waals surface area contributed by atoms with Gasteiger partial charge in [-0.2, -0.15) is 0 Å². The molecule has 2 heteroatoms. The van der Waals surface area contributed by atoms with Crippen LogP contribution in [0.3, 0.4) is 0 Å². The van der Waals surface area contributed by atoms with Gasteiger partial charge in [0, 0.05) is 11.3 Å². The van der Waals surface area contributed by atoms with Crippen LogP contribution in [0.5, 0.6) is 0 Å². The first-order chi connectivity index (χ1) is 18.3. The summed E-state index contributed by atoms with van der Waals surface area (Å²) in [6.45, 7) is 0. The van der Waals surface area contributed by atoms with Crippen molar-refractivity contribution in [3.8, 4) is 50.5 Å². The van der Waals surface area contributed by atoms with Crippen molar-refractivity contribution >= 4 is 21.8 Å². The van der Waals surface area contributed by atoms with E-state index in [0.29, 0.717) is 0 Å². The average molecular weight is 471 g/mol. The van der Waals surface area contributed by atoms with Crippen LogP contribution in [-0.4, -0.2) is 9.55 Å². The lowest BCUT2D eigenvalue weighted by Gasteiger charge is -2.11. The van der Waals surface area contributed by atoms with Gasteiger partial charge in [-0.15, -0.1) is 0 Å². The van der Waals surface area contributed by atoms with Gasteiger partial charge in [0.2, 0.25) is 0 Å². The quantitative estimate of drug-likeness (QED) is 0.252. The van der Waals surface area contributed by atoms with Crippen LogP contribution in [0.2, 0.25) is 0 Å². The number of imidazole rings is 1. The van der Waals surface area contributed by atoms with Crippen LogP contribution in [0.15, 0.2) is 133 Å². The average Bonchev–Trinajstić information content (AvgIpc) is 3.51. The lowest BCUT2D eigenvalue weighted by Crippen LogP contribution is -1.97. The zero-order chi connectivity index (χ0) is 24.3. The van der Waals surface area contributed by atoms with Gasteiger partial charge in [-0.3, -0.25) is 4.57 Å². The molecule has 0 spiro atoms. The molecule has 0 unspecified atom stereocenters. The van der Waals surface area contributed by atoms with Gasteiger partial charge in [0.1, 0.15) is 5.82 Å². The fourth-order valence-electron chi connectivity index (χ4n) is 5.84. The number of hydrogen-bond acceptors (Lipinski definition) is 1. The molecule has 7 aromatic rings. The zero-order valence-corrected chi connectivity index (χ0v) is 20.1. The SMILES string of the molecule is c1ccc(-n2c(-c3ccc(-c4ccc5c(c4)-c4cccc6cccc-5c46)cc3)nc3ccccc32)cc1. The minimum Gasteiger partial charge on any atom is -0.292 e. The van der Waals surface area contributed by atoms with E-state index in [1.165, 1.54) is 44.2 Å². The molecule has 0 fully saturated rings. The summed E-state index contributed by atoms with van der Waals surface area (Å²) >= 11 is 0. The van der Waals surface area contributed by atoms with E-state index in [0.717, 1.165) is 28.1 Å². The third-order valence-electron chi connectivity index (χ3n) is 7.56. The van der Waals surface area contributed by atoms with Gasteiger partial charge in [-0.25, -0.2) is 4.98 Å². The van der Waals surface area contributed by atoms with Crippen molar-refractivity contribution in [2.75, 3.05) is 0 Å². The van der Waals surface area contributed by atoms with E-state index in [1.807, 2.05) is 12.1 Å². The Morgan fingerprint density at radius 1 is 0.459 bits per heavy atom. The Morgan fingerprint density at radius 2 is 1.14 bits per heavy atom. The number of aromatic nitrogens is 2. The van der Waals surface area contributed by atoms with Crippen molar-refractivity contribution in [3.05, 3.63) is 133 Å². The van der Waals surface area contributed by atoms with Crippen molar-refractivity contribution in [1.29, 1.82) is 0 Å².